The lowest BCUT2D eigenvalue weighted by atomic mass is 10.0. The minimum absolute atomic E-state index is 0.0777. The zero-order valence-electron chi connectivity index (χ0n) is 10.6. The molecule has 2 aromatic carbocycles. The quantitative estimate of drug-likeness (QED) is 0.796. The zero-order chi connectivity index (χ0) is 14.7. The van der Waals surface area contributed by atoms with E-state index < -0.39 is 17.4 Å². The van der Waals surface area contributed by atoms with Crippen molar-refractivity contribution in [3.05, 3.63) is 64.2 Å². The third-order valence-electron chi connectivity index (χ3n) is 2.84. The van der Waals surface area contributed by atoms with E-state index in [0.717, 1.165) is 6.07 Å². The molecule has 20 heavy (non-hydrogen) atoms. The summed E-state index contributed by atoms with van der Waals surface area (Å²) in [7, 11) is 1.41. The first-order valence-corrected chi connectivity index (χ1v) is 6.19. The molecular weight excluding hydrogens is 286 g/mol. The van der Waals surface area contributed by atoms with Crippen LogP contribution in [-0.2, 0) is 6.42 Å². The number of ether oxygens (including phenoxy) is 1. The highest BCUT2D eigenvalue weighted by molar-refractivity contribution is 6.31. The van der Waals surface area contributed by atoms with E-state index in [1.165, 1.54) is 37.4 Å². The summed E-state index contributed by atoms with van der Waals surface area (Å²) >= 11 is 5.88. The fourth-order valence-corrected chi connectivity index (χ4v) is 1.98. The summed E-state index contributed by atoms with van der Waals surface area (Å²) in [5.41, 5.74) is 0.248. The summed E-state index contributed by atoms with van der Waals surface area (Å²) in [5, 5.41) is 0.272. The average Bonchev–Trinajstić information content (AvgIpc) is 2.42. The smallest absolute Gasteiger partial charge is 0.170 e. The fraction of sp³-hybridized carbons (Fsp3) is 0.133. The van der Waals surface area contributed by atoms with E-state index in [1.807, 2.05) is 0 Å². The third-order valence-corrected chi connectivity index (χ3v) is 3.20. The molecule has 0 spiro atoms. The molecule has 0 fully saturated rings. The zero-order valence-corrected chi connectivity index (χ0v) is 11.4. The molecule has 5 heteroatoms. The highest BCUT2D eigenvalue weighted by Gasteiger charge is 2.15. The van der Waals surface area contributed by atoms with E-state index in [2.05, 4.69) is 0 Å². The molecule has 2 aromatic rings. The van der Waals surface area contributed by atoms with Crippen LogP contribution in [0, 0.1) is 11.6 Å². The van der Waals surface area contributed by atoms with Crippen molar-refractivity contribution in [2.45, 2.75) is 6.42 Å². The Bertz CT molecular complexity index is 656. The first-order valence-electron chi connectivity index (χ1n) is 5.82. The van der Waals surface area contributed by atoms with E-state index in [-0.39, 0.29) is 17.0 Å². The van der Waals surface area contributed by atoms with Crippen LogP contribution in [0.3, 0.4) is 0 Å². The predicted molar refractivity (Wildman–Crippen MR) is 72.4 cm³/mol. The van der Waals surface area contributed by atoms with Gasteiger partial charge in [-0.25, -0.2) is 8.78 Å². The third kappa shape index (κ3) is 3.14. The molecule has 0 saturated carbocycles. The van der Waals surface area contributed by atoms with Crippen molar-refractivity contribution in [3.63, 3.8) is 0 Å². The number of carbonyl (C=O) groups excluding carboxylic acids is 1. The van der Waals surface area contributed by atoms with Crippen LogP contribution in [0.5, 0.6) is 5.75 Å². The first kappa shape index (κ1) is 14.5. The van der Waals surface area contributed by atoms with Crippen LogP contribution in [0.4, 0.5) is 8.78 Å². The minimum atomic E-state index is -0.679. The summed E-state index contributed by atoms with van der Waals surface area (Å²) in [4.78, 5) is 12.0. The van der Waals surface area contributed by atoms with Gasteiger partial charge in [-0.15, -0.1) is 0 Å². The molecule has 0 amide bonds. The summed E-state index contributed by atoms with van der Waals surface area (Å²) in [5.74, 6) is -1.32. The van der Waals surface area contributed by atoms with Crippen molar-refractivity contribution in [3.8, 4) is 5.75 Å². The second-order valence-corrected chi connectivity index (χ2v) is 4.59. The Hall–Kier alpha value is -1.94. The molecule has 0 unspecified atom stereocenters. The monoisotopic (exact) mass is 296 g/mol. The van der Waals surface area contributed by atoms with Gasteiger partial charge in [0, 0.05) is 17.5 Å². The van der Waals surface area contributed by atoms with Gasteiger partial charge in [0.1, 0.15) is 17.4 Å². The van der Waals surface area contributed by atoms with Gasteiger partial charge in [0.15, 0.2) is 5.78 Å². The standard InChI is InChI=1S/C15H11ClF2O2/c1-20-11-3-4-12(14(18)8-11)15(19)7-9-6-10(17)2-5-13(9)16/h2-6,8H,7H2,1H3. The SMILES string of the molecule is COc1ccc(C(=O)Cc2cc(F)ccc2Cl)c(F)c1. The number of hydrogen-bond donors (Lipinski definition) is 0. The van der Waals surface area contributed by atoms with Crippen LogP contribution in [0.25, 0.3) is 0 Å². The van der Waals surface area contributed by atoms with Gasteiger partial charge in [-0.05, 0) is 35.9 Å². The Morgan fingerprint density at radius 1 is 1.20 bits per heavy atom. The molecule has 0 aliphatic rings. The Kier molecular flexibility index (Phi) is 4.35. The number of halogens is 3. The maximum Gasteiger partial charge on any atom is 0.170 e. The molecule has 0 radical (unpaired) electrons. The lowest BCUT2D eigenvalue weighted by Gasteiger charge is -2.06. The maximum atomic E-state index is 13.8. The van der Waals surface area contributed by atoms with E-state index >= 15 is 0 Å². The Morgan fingerprint density at radius 2 is 1.95 bits per heavy atom. The van der Waals surface area contributed by atoms with Gasteiger partial charge in [0.25, 0.3) is 0 Å². The Balaban J connectivity index is 2.26. The Morgan fingerprint density at radius 3 is 2.60 bits per heavy atom. The number of benzene rings is 2. The number of hydrogen-bond acceptors (Lipinski definition) is 2. The van der Waals surface area contributed by atoms with Gasteiger partial charge in [-0.3, -0.25) is 4.79 Å². The molecule has 0 heterocycles. The van der Waals surface area contributed by atoms with Crippen molar-refractivity contribution >= 4 is 17.4 Å². The van der Waals surface area contributed by atoms with Crippen molar-refractivity contribution in [2.75, 3.05) is 7.11 Å². The minimum Gasteiger partial charge on any atom is -0.497 e. The summed E-state index contributed by atoms with van der Waals surface area (Å²) < 4.78 is 31.7. The van der Waals surface area contributed by atoms with Gasteiger partial charge in [-0.2, -0.15) is 0 Å². The van der Waals surface area contributed by atoms with Crippen LogP contribution in [0.2, 0.25) is 5.02 Å². The van der Waals surface area contributed by atoms with Crippen LogP contribution in [0.15, 0.2) is 36.4 Å². The van der Waals surface area contributed by atoms with Crippen LogP contribution in [0.1, 0.15) is 15.9 Å². The largest absolute Gasteiger partial charge is 0.497 e. The van der Waals surface area contributed by atoms with Crippen molar-refractivity contribution in [2.24, 2.45) is 0 Å². The topological polar surface area (TPSA) is 26.3 Å². The van der Waals surface area contributed by atoms with Crippen LogP contribution in [-0.4, -0.2) is 12.9 Å². The molecule has 0 aliphatic carbocycles. The molecule has 0 aliphatic heterocycles. The van der Waals surface area contributed by atoms with E-state index in [4.69, 9.17) is 16.3 Å². The fourth-order valence-electron chi connectivity index (χ4n) is 1.80. The normalized spacial score (nSPS) is 10.4. The summed E-state index contributed by atoms with van der Waals surface area (Å²) in [6.07, 6.45) is -0.167. The first-order chi connectivity index (χ1) is 9.51. The summed E-state index contributed by atoms with van der Waals surface area (Å²) in [6.45, 7) is 0. The highest BCUT2D eigenvalue weighted by Crippen LogP contribution is 2.21. The van der Waals surface area contributed by atoms with Gasteiger partial charge in [-0.1, -0.05) is 11.6 Å². The highest BCUT2D eigenvalue weighted by atomic mass is 35.5. The second kappa shape index (κ2) is 6.01. The van der Waals surface area contributed by atoms with Crippen LogP contribution < -0.4 is 4.74 Å². The van der Waals surface area contributed by atoms with Crippen molar-refractivity contribution in [1.29, 1.82) is 0 Å². The van der Waals surface area contributed by atoms with Crippen molar-refractivity contribution in [1.82, 2.24) is 0 Å². The van der Waals surface area contributed by atoms with Crippen molar-refractivity contribution < 1.29 is 18.3 Å². The van der Waals surface area contributed by atoms with Gasteiger partial charge in [0.2, 0.25) is 0 Å². The lowest BCUT2D eigenvalue weighted by molar-refractivity contribution is 0.0989. The average molecular weight is 297 g/mol. The molecule has 0 aromatic heterocycles. The van der Waals surface area contributed by atoms with Crippen LogP contribution >= 0.6 is 11.6 Å². The molecule has 0 bridgehead atoms. The lowest BCUT2D eigenvalue weighted by Crippen LogP contribution is -2.07. The molecular formula is C15H11ClF2O2. The second-order valence-electron chi connectivity index (χ2n) is 4.18. The molecule has 104 valence electrons. The number of methoxy groups -OCH3 is 1. The Labute approximate surface area is 119 Å². The number of rotatable bonds is 4. The molecule has 0 saturated heterocycles. The molecule has 0 atom stereocenters. The van der Waals surface area contributed by atoms with E-state index in [1.54, 1.807) is 0 Å². The maximum absolute atomic E-state index is 13.8. The predicted octanol–water partition coefficient (Wildman–Crippen LogP) is 4.05. The number of ketones is 1. The summed E-state index contributed by atoms with van der Waals surface area (Å²) in [6, 6.07) is 7.68. The van der Waals surface area contributed by atoms with Gasteiger partial charge >= 0.3 is 0 Å². The van der Waals surface area contributed by atoms with E-state index in [9.17, 15) is 13.6 Å². The molecule has 2 rings (SSSR count). The van der Waals surface area contributed by atoms with E-state index in [0.29, 0.717) is 11.3 Å². The van der Waals surface area contributed by atoms with Gasteiger partial charge < -0.3 is 4.74 Å². The number of Topliss-reactive ketones (excluding diaryl/α,β-unsaturated/α-hetero) is 1. The van der Waals surface area contributed by atoms with Gasteiger partial charge in [0.05, 0.1) is 12.7 Å². The number of carbonyl (C=O) groups is 1. The molecule has 2 nitrogen and oxygen atoms in total. The molecule has 0 N–H and O–H groups in total.